The van der Waals surface area contributed by atoms with Gasteiger partial charge in [0.2, 0.25) is 15.9 Å². The van der Waals surface area contributed by atoms with Crippen LogP contribution in [0.4, 0.5) is 0 Å². The molecule has 0 radical (unpaired) electrons. The Morgan fingerprint density at radius 1 is 1.17 bits per heavy atom. The molecule has 2 aromatic rings. The summed E-state index contributed by atoms with van der Waals surface area (Å²) in [6, 6.07) is 13.1. The maximum atomic E-state index is 13.1. The lowest BCUT2D eigenvalue weighted by atomic mass is 9.72. The van der Waals surface area contributed by atoms with Gasteiger partial charge in [0.25, 0.3) is 0 Å². The second-order valence-corrected chi connectivity index (χ2v) is 10.9. The topological polar surface area (TPSA) is 75.7 Å². The zero-order valence-electron chi connectivity index (χ0n) is 16.2. The fourth-order valence-corrected chi connectivity index (χ4v) is 6.64. The predicted molar refractivity (Wildman–Crippen MR) is 113 cm³/mol. The Hall–Kier alpha value is -1.74. The summed E-state index contributed by atoms with van der Waals surface area (Å²) in [6.45, 7) is 2.26. The van der Waals surface area contributed by atoms with Crippen molar-refractivity contribution in [2.75, 3.05) is 26.3 Å². The van der Waals surface area contributed by atoms with Crippen molar-refractivity contribution in [2.24, 2.45) is 11.3 Å². The molecule has 1 spiro atoms. The number of hydrogen-bond donors (Lipinski definition) is 1. The largest absolute Gasteiger partial charge is 0.381 e. The number of rotatable bonds is 6. The van der Waals surface area contributed by atoms with Crippen LogP contribution in [0.1, 0.15) is 23.3 Å². The number of nitrogens with zero attached hydrogens (tertiary/aromatic N) is 1. The van der Waals surface area contributed by atoms with E-state index in [1.165, 1.54) is 4.31 Å². The third-order valence-corrected chi connectivity index (χ3v) is 8.66. The summed E-state index contributed by atoms with van der Waals surface area (Å²) in [4.78, 5) is 14.2. The molecule has 0 bridgehead atoms. The average molecular weight is 435 g/mol. The van der Waals surface area contributed by atoms with Gasteiger partial charge in [-0.15, -0.1) is 11.3 Å². The summed E-state index contributed by atoms with van der Waals surface area (Å²) in [5, 5.41) is 5.01. The van der Waals surface area contributed by atoms with Crippen LogP contribution in [0, 0.1) is 11.3 Å². The van der Waals surface area contributed by atoms with Gasteiger partial charge >= 0.3 is 0 Å². The van der Waals surface area contributed by atoms with Crippen LogP contribution < -0.4 is 5.32 Å². The van der Waals surface area contributed by atoms with E-state index in [-0.39, 0.29) is 29.5 Å². The van der Waals surface area contributed by atoms with Crippen molar-refractivity contribution in [1.82, 2.24) is 9.62 Å². The summed E-state index contributed by atoms with van der Waals surface area (Å²) < 4.78 is 33.3. The molecule has 2 saturated heterocycles. The van der Waals surface area contributed by atoms with Gasteiger partial charge in [-0.05, 0) is 29.9 Å². The van der Waals surface area contributed by atoms with Crippen molar-refractivity contribution in [2.45, 2.75) is 25.1 Å². The maximum Gasteiger partial charge on any atom is 0.225 e. The van der Waals surface area contributed by atoms with E-state index < -0.39 is 10.0 Å². The maximum absolute atomic E-state index is 13.1. The molecule has 1 aromatic heterocycles. The standard InChI is InChI=1S/C21H26N2O4S2/c24-20(22-13-18-7-4-12-28-18)19-14-23(16-21(19)8-10-27-11-9-21)29(25,26)15-17-5-2-1-3-6-17/h1-7,12,19H,8-11,13-16H2,(H,22,24)/t19-/m0/s1. The first-order valence-corrected chi connectivity index (χ1v) is 12.4. The third-order valence-electron chi connectivity index (χ3n) is 6.02. The van der Waals surface area contributed by atoms with E-state index >= 15 is 0 Å². The molecule has 29 heavy (non-hydrogen) atoms. The minimum absolute atomic E-state index is 0.0377. The number of carbonyl (C=O) groups is 1. The molecule has 6 nitrogen and oxygen atoms in total. The van der Waals surface area contributed by atoms with Crippen molar-refractivity contribution in [3.8, 4) is 0 Å². The van der Waals surface area contributed by atoms with Crippen LogP contribution >= 0.6 is 11.3 Å². The highest BCUT2D eigenvalue weighted by Crippen LogP contribution is 2.45. The number of thiophene rings is 1. The van der Waals surface area contributed by atoms with Crippen molar-refractivity contribution >= 4 is 27.3 Å². The van der Waals surface area contributed by atoms with E-state index in [9.17, 15) is 13.2 Å². The summed E-state index contributed by atoms with van der Waals surface area (Å²) in [7, 11) is -3.50. The molecule has 2 aliphatic heterocycles. The summed E-state index contributed by atoms with van der Waals surface area (Å²) in [5.74, 6) is -0.446. The molecule has 0 saturated carbocycles. The van der Waals surface area contributed by atoms with E-state index in [0.717, 1.165) is 10.4 Å². The van der Waals surface area contributed by atoms with Crippen LogP contribution in [0.25, 0.3) is 0 Å². The molecule has 0 unspecified atom stereocenters. The molecule has 3 heterocycles. The second kappa shape index (κ2) is 8.55. The number of ether oxygens (including phenoxy) is 1. The molecule has 8 heteroatoms. The Balaban J connectivity index is 1.51. The molecule has 1 amide bonds. The molecule has 156 valence electrons. The predicted octanol–water partition coefficient (Wildman–Crippen LogP) is 2.62. The van der Waals surface area contributed by atoms with Gasteiger partial charge in [0.1, 0.15) is 0 Å². The van der Waals surface area contributed by atoms with Crippen molar-refractivity contribution in [3.05, 3.63) is 58.3 Å². The van der Waals surface area contributed by atoms with Crippen LogP contribution in [0.15, 0.2) is 47.8 Å². The van der Waals surface area contributed by atoms with Gasteiger partial charge in [0.15, 0.2) is 0 Å². The molecule has 2 fully saturated rings. The molecular formula is C21H26N2O4S2. The van der Waals surface area contributed by atoms with Crippen molar-refractivity contribution in [1.29, 1.82) is 0 Å². The molecule has 2 aliphatic rings. The Morgan fingerprint density at radius 2 is 1.93 bits per heavy atom. The first kappa shape index (κ1) is 20.5. The number of nitrogens with one attached hydrogen (secondary N) is 1. The molecular weight excluding hydrogens is 408 g/mol. The Labute approximate surface area is 175 Å². The quantitative estimate of drug-likeness (QED) is 0.758. The summed E-state index contributed by atoms with van der Waals surface area (Å²) in [6.07, 6.45) is 1.42. The Morgan fingerprint density at radius 3 is 2.62 bits per heavy atom. The fourth-order valence-electron chi connectivity index (χ4n) is 4.37. The number of carbonyl (C=O) groups excluding carboxylic acids is 1. The lowest BCUT2D eigenvalue weighted by Gasteiger charge is -2.37. The van der Waals surface area contributed by atoms with Gasteiger partial charge in [-0.3, -0.25) is 4.79 Å². The third kappa shape index (κ3) is 4.55. The van der Waals surface area contributed by atoms with Gasteiger partial charge < -0.3 is 10.1 Å². The van der Waals surface area contributed by atoms with Gasteiger partial charge in [0, 0.05) is 36.6 Å². The highest BCUT2D eigenvalue weighted by atomic mass is 32.2. The van der Waals surface area contributed by atoms with Crippen LogP contribution in [0.5, 0.6) is 0 Å². The molecule has 4 rings (SSSR count). The van der Waals surface area contributed by atoms with Gasteiger partial charge in [-0.25, -0.2) is 12.7 Å². The van der Waals surface area contributed by atoms with Gasteiger partial charge in [-0.2, -0.15) is 0 Å². The Kier molecular flexibility index (Phi) is 6.06. The smallest absolute Gasteiger partial charge is 0.225 e. The Bertz CT molecular complexity index is 923. The first-order chi connectivity index (χ1) is 14.0. The minimum Gasteiger partial charge on any atom is -0.381 e. The lowest BCUT2D eigenvalue weighted by Crippen LogP contribution is -2.44. The molecule has 1 atom stereocenters. The molecule has 0 aliphatic carbocycles. The van der Waals surface area contributed by atoms with E-state index in [2.05, 4.69) is 5.32 Å². The number of sulfonamides is 1. The van der Waals surface area contributed by atoms with Gasteiger partial charge in [0.05, 0.1) is 18.2 Å². The minimum atomic E-state index is -3.50. The van der Waals surface area contributed by atoms with E-state index in [1.807, 2.05) is 47.8 Å². The average Bonchev–Trinajstić information content (AvgIpc) is 3.36. The number of benzene rings is 1. The second-order valence-electron chi connectivity index (χ2n) is 7.86. The summed E-state index contributed by atoms with van der Waals surface area (Å²) in [5.41, 5.74) is 0.417. The molecule has 1 aromatic carbocycles. The highest BCUT2D eigenvalue weighted by molar-refractivity contribution is 7.88. The zero-order valence-corrected chi connectivity index (χ0v) is 17.9. The van der Waals surface area contributed by atoms with Crippen LogP contribution in [0.3, 0.4) is 0 Å². The molecule has 1 N–H and O–H groups in total. The summed E-state index contributed by atoms with van der Waals surface area (Å²) >= 11 is 1.60. The van der Waals surface area contributed by atoms with Crippen LogP contribution in [-0.4, -0.2) is 44.9 Å². The fraction of sp³-hybridized carbons (Fsp3) is 0.476. The van der Waals surface area contributed by atoms with Crippen LogP contribution in [0.2, 0.25) is 0 Å². The van der Waals surface area contributed by atoms with Crippen LogP contribution in [-0.2, 0) is 31.9 Å². The van der Waals surface area contributed by atoms with E-state index in [4.69, 9.17) is 4.74 Å². The van der Waals surface area contributed by atoms with Gasteiger partial charge in [-0.1, -0.05) is 36.4 Å². The zero-order chi connectivity index (χ0) is 20.3. The number of hydrogen-bond acceptors (Lipinski definition) is 5. The number of amides is 1. The van der Waals surface area contributed by atoms with E-state index in [0.29, 0.717) is 39.1 Å². The highest BCUT2D eigenvalue weighted by Gasteiger charge is 2.53. The van der Waals surface area contributed by atoms with Crippen molar-refractivity contribution in [3.63, 3.8) is 0 Å². The van der Waals surface area contributed by atoms with E-state index in [1.54, 1.807) is 11.3 Å². The first-order valence-electron chi connectivity index (χ1n) is 9.88. The normalized spacial score (nSPS) is 22.0. The van der Waals surface area contributed by atoms with Crippen molar-refractivity contribution < 1.29 is 17.9 Å². The SMILES string of the molecule is O=C(NCc1cccs1)[C@@H]1CN(S(=O)(=O)Cc2ccccc2)CC12CCOCC2. The lowest BCUT2D eigenvalue weighted by molar-refractivity contribution is -0.130. The monoisotopic (exact) mass is 434 g/mol.